The monoisotopic (exact) mass is 338 g/mol. The third kappa shape index (κ3) is 5.04. The molecule has 0 aliphatic carbocycles. The molecule has 0 bridgehead atoms. The van der Waals surface area contributed by atoms with E-state index >= 15 is 0 Å². The van der Waals surface area contributed by atoms with Crippen molar-refractivity contribution < 1.29 is 14.6 Å². The van der Waals surface area contributed by atoms with Crippen molar-refractivity contribution in [1.82, 2.24) is 9.80 Å². The molecule has 24 heavy (non-hydrogen) atoms. The summed E-state index contributed by atoms with van der Waals surface area (Å²) >= 11 is 0. The smallest absolute Gasteiger partial charge is 0.224 e. The van der Waals surface area contributed by atoms with Gasteiger partial charge in [-0.2, -0.15) is 0 Å². The van der Waals surface area contributed by atoms with Crippen molar-refractivity contribution in [2.75, 3.05) is 45.9 Å². The molecular formula is C19H34N2O3. The zero-order chi connectivity index (χ0) is 17.6. The van der Waals surface area contributed by atoms with Crippen LogP contribution in [0.3, 0.4) is 0 Å². The maximum atomic E-state index is 12.4. The van der Waals surface area contributed by atoms with E-state index in [1.165, 1.54) is 5.57 Å². The minimum absolute atomic E-state index is 0.159. The molecule has 2 aliphatic rings. The molecule has 0 unspecified atom stereocenters. The highest BCUT2D eigenvalue weighted by Gasteiger charge is 2.45. The SMILES string of the molecule is CCOCCC(=O)N1CCC[C@@]2(CN(CC=C(C)C)CC[C@H]2O)C1. The fourth-order valence-corrected chi connectivity index (χ4v) is 3.94. The van der Waals surface area contributed by atoms with Gasteiger partial charge < -0.3 is 14.7 Å². The molecule has 5 nitrogen and oxygen atoms in total. The third-order valence-corrected chi connectivity index (χ3v) is 5.35. The zero-order valence-corrected chi connectivity index (χ0v) is 15.6. The number of ether oxygens (including phenoxy) is 1. The van der Waals surface area contributed by atoms with E-state index in [4.69, 9.17) is 4.74 Å². The molecule has 0 radical (unpaired) electrons. The van der Waals surface area contributed by atoms with Crippen LogP contribution in [-0.2, 0) is 9.53 Å². The molecule has 2 saturated heterocycles. The van der Waals surface area contributed by atoms with Gasteiger partial charge in [-0.05, 0) is 40.0 Å². The molecule has 0 aromatic heterocycles. The van der Waals surface area contributed by atoms with Crippen LogP contribution in [0.15, 0.2) is 11.6 Å². The summed E-state index contributed by atoms with van der Waals surface area (Å²) in [5.41, 5.74) is 1.17. The molecule has 2 heterocycles. The Balaban J connectivity index is 1.98. The van der Waals surface area contributed by atoms with E-state index < -0.39 is 0 Å². The van der Waals surface area contributed by atoms with Gasteiger partial charge in [0.05, 0.1) is 19.1 Å². The lowest BCUT2D eigenvalue weighted by Gasteiger charge is -2.51. The van der Waals surface area contributed by atoms with Gasteiger partial charge in [-0.1, -0.05) is 11.6 Å². The predicted molar refractivity (Wildman–Crippen MR) is 95.9 cm³/mol. The first kappa shape index (κ1) is 19.4. The van der Waals surface area contributed by atoms with E-state index in [9.17, 15) is 9.90 Å². The first-order chi connectivity index (χ1) is 11.5. The van der Waals surface area contributed by atoms with Crippen LogP contribution >= 0.6 is 0 Å². The number of allylic oxidation sites excluding steroid dienone is 1. The number of carbonyl (C=O) groups is 1. The summed E-state index contributed by atoms with van der Waals surface area (Å²) in [4.78, 5) is 16.8. The molecule has 1 spiro atoms. The molecular weight excluding hydrogens is 304 g/mol. The molecule has 0 aromatic rings. The molecule has 2 atom stereocenters. The van der Waals surface area contributed by atoms with Crippen LogP contribution in [0.4, 0.5) is 0 Å². The Hall–Kier alpha value is -0.910. The maximum absolute atomic E-state index is 12.4. The van der Waals surface area contributed by atoms with E-state index in [0.29, 0.717) is 26.2 Å². The standard InChI is InChI=1S/C19H34N2O3/c1-4-24-13-8-18(23)21-10-5-9-19(15-21)14-20(11-6-16(2)3)12-7-17(19)22/h6,17,22H,4-5,7-15H2,1-3H3/t17-,19-/m1/s1. The zero-order valence-electron chi connectivity index (χ0n) is 15.6. The number of nitrogens with zero attached hydrogens (tertiary/aromatic N) is 2. The molecule has 0 saturated carbocycles. The van der Waals surface area contributed by atoms with Gasteiger partial charge in [0.15, 0.2) is 0 Å². The van der Waals surface area contributed by atoms with Crippen LogP contribution in [0.25, 0.3) is 0 Å². The predicted octanol–water partition coefficient (Wildman–Crippen LogP) is 2.05. The van der Waals surface area contributed by atoms with Crippen LogP contribution in [0.5, 0.6) is 0 Å². The van der Waals surface area contributed by atoms with Crippen molar-refractivity contribution >= 4 is 5.91 Å². The Morgan fingerprint density at radius 3 is 2.83 bits per heavy atom. The van der Waals surface area contributed by atoms with Crippen LogP contribution in [0.1, 0.15) is 46.5 Å². The third-order valence-electron chi connectivity index (χ3n) is 5.35. The average molecular weight is 338 g/mol. The summed E-state index contributed by atoms with van der Waals surface area (Å²) in [6.45, 7) is 11.6. The quantitative estimate of drug-likeness (QED) is 0.595. The highest BCUT2D eigenvalue weighted by molar-refractivity contribution is 5.76. The van der Waals surface area contributed by atoms with E-state index in [2.05, 4.69) is 24.8 Å². The lowest BCUT2D eigenvalue weighted by Crippen LogP contribution is -2.59. The van der Waals surface area contributed by atoms with Crippen molar-refractivity contribution in [3.8, 4) is 0 Å². The fraction of sp³-hybridized carbons (Fsp3) is 0.842. The Labute approximate surface area is 146 Å². The highest BCUT2D eigenvalue weighted by Crippen LogP contribution is 2.39. The van der Waals surface area contributed by atoms with Crippen molar-refractivity contribution in [2.45, 2.75) is 52.6 Å². The first-order valence-electron chi connectivity index (χ1n) is 9.36. The molecule has 1 N–H and O–H groups in total. The van der Waals surface area contributed by atoms with Crippen LogP contribution in [0.2, 0.25) is 0 Å². The Bertz CT molecular complexity index is 448. The summed E-state index contributed by atoms with van der Waals surface area (Å²) in [5, 5.41) is 10.7. The lowest BCUT2D eigenvalue weighted by atomic mass is 9.71. The minimum atomic E-state index is -0.303. The summed E-state index contributed by atoms with van der Waals surface area (Å²) in [7, 11) is 0. The summed E-state index contributed by atoms with van der Waals surface area (Å²) in [5.74, 6) is 0.163. The number of carbonyl (C=O) groups excluding carboxylic acids is 1. The molecule has 138 valence electrons. The Morgan fingerprint density at radius 1 is 1.33 bits per heavy atom. The van der Waals surface area contributed by atoms with Gasteiger partial charge in [0.2, 0.25) is 5.91 Å². The molecule has 2 rings (SSSR count). The van der Waals surface area contributed by atoms with Gasteiger partial charge in [-0.25, -0.2) is 0 Å². The number of rotatable bonds is 6. The Kier molecular flexibility index (Phi) is 7.26. The summed E-state index contributed by atoms with van der Waals surface area (Å²) < 4.78 is 5.31. The van der Waals surface area contributed by atoms with Gasteiger partial charge >= 0.3 is 0 Å². The topological polar surface area (TPSA) is 53.0 Å². The number of amides is 1. The van der Waals surface area contributed by atoms with Gasteiger partial charge in [0.1, 0.15) is 0 Å². The second kappa shape index (κ2) is 8.97. The van der Waals surface area contributed by atoms with Gasteiger partial charge in [0, 0.05) is 44.7 Å². The lowest BCUT2D eigenvalue weighted by molar-refractivity contribution is -0.142. The van der Waals surface area contributed by atoms with Crippen LogP contribution < -0.4 is 0 Å². The largest absolute Gasteiger partial charge is 0.392 e. The number of hydrogen-bond donors (Lipinski definition) is 1. The van der Waals surface area contributed by atoms with Gasteiger partial charge in [0.25, 0.3) is 0 Å². The molecule has 0 aromatic carbocycles. The summed E-state index contributed by atoms with van der Waals surface area (Å²) in [6, 6.07) is 0. The van der Waals surface area contributed by atoms with Crippen molar-refractivity contribution in [3.05, 3.63) is 11.6 Å². The van der Waals surface area contributed by atoms with E-state index in [-0.39, 0.29) is 17.4 Å². The number of aliphatic hydroxyl groups excluding tert-OH is 1. The van der Waals surface area contributed by atoms with Gasteiger partial charge in [-0.15, -0.1) is 0 Å². The second-order valence-corrected chi connectivity index (χ2v) is 7.55. The second-order valence-electron chi connectivity index (χ2n) is 7.55. The van der Waals surface area contributed by atoms with Crippen LogP contribution in [-0.4, -0.2) is 72.9 Å². The molecule has 5 heteroatoms. The Morgan fingerprint density at radius 2 is 2.12 bits per heavy atom. The minimum Gasteiger partial charge on any atom is -0.392 e. The van der Waals surface area contributed by atoms with Gasteiger partial charge in [-0.3, -0.25) is 9.69 Å². The molecule has 2 fully saturated rings. The van der Waals surface area contributed by atoms with Crippen molar-refractivity contribution in [1.29, 1.82) is 0 Å². The maximum Gasteiger partial charge on any atom is 0.224 e. The summed E-state index contributed by atoms with van der Waals surface area (Å²) in [6.07, 6.45) is 5.18. The van der Waals surface area contributed by atoms with Crippen molar-refractivity contribution in [2.24, 2.45) is 5.41 Å². The highest BCUT2D eigenvalue weighted by atomic mass is 16.5. The number of aliphatic hydroxyl groups is 1. The van der Waals surface area contributed by atoms with E-state index in [1.807, 2.05) is 11.8 Å². The number of hydrogen-bond acceptors (Lipinski definition) is 4. The van der Waals surface area contributed by atoms with E-state index in [0.717, 1.165) is 45.4 Å². The van der Waals surface area contributed by atoms with Crippen molar-refractivity contribution in [3.63, 3.8) is 0 Å². The fourth-order valence-electron chi connectivity index (χ4n) is 3.94. The first-order valence-corrected chi connectivity index (χ1v) is 9.36. The molecule has 1 amide bonds. The number of piperidine rings is 2. The van der Waals surface area contributed by atoms with Crippen LogP contribution in [0, 0.1) is 5.41 Å². The normalized spacial score (nSPS) is 28.2. The number of likely N-dealkylation sites (tertiary alicyclic amines) is 2. The average Bonchev–Trinajstić information content (AvgIpc) is 2.56. The van der Waals surface area contributed by atoms with E-state index in [1.54, 1.807) is 0 Å². The molecule has 2 aliphatic heterocycles.